The monoisotopic (exact) mass is 400 g/mol. The minimum absolute atomic E-state index is 0.161. The van der Waals surface area contributed by atoms with Crippen LogP contribution in [0.1, 0.15) is 40.8 Å². The zero-order chi connectivity index (χ0) is 17.4. The van der Waals surface area contributed by atoms with Crippen molar-refractivity contribution in [1.82, 2.24) is 29.9 Å². The first-order chi connectivity index (χ1) is 12.1. The number of halogens is 1. The van der Waals surface area contributed by atoms with Gasteiger partial charge in [-0.1, -0.05) is 15.9 Å². The quantitative estimate of drug-likeness (QED) is 0.713. The van der Waals surface area contributed by atoms with E-state index in [9.17, 15) is 4.79 Å². The molecule has 0 radical (unpaired) electrons. The zero-order valence-electron chi connectivity index (χ0n) is 13.7. The molecule has 0 atom stereocenters. The normalized spacial score (nSPS) is 13.8. The molecule has 0 spiro atoms. The van der Waals surface area contributed by atoms with E-state index in [-0.39, 0.29) is 5.91 Å². The maximum atomic E-state index is 12.5. The van der Waals surface area contributed by atoms with Gasteiger partial charge in [0, 0.05) is 10.5 Å². The smallest absolute Gasteiger partial charge is 0.255 e. The van der Waals surface area contributed by atoms with Crippen molar-refractivity contribution in [1.29, 1.82) is 0 Å². The average molecular weight is 401 g/mol. The Bertz CT molecular complexity index is 910. The minimum Gasteiger partial charge on any atom is -0.345 e. The van der Waals surface area contributed by atoms with Crippen LogP contribution in [-0.2, 0) is 6.54 Å². The molecule has 2 heterocycles. The first kappa shape index (κ1) is 16.0. The maximum absolute atomic E-state index is 12.5. The number of aromatic nitrogens is 5. The van der Waals surface area contributed by atoms with Gasteiger partial charge < -0.3 is 9.88 Å². The van der Waals surface area contributed by atoms with Gasteiger partial charge in [0.15, 0.2) is 5.82 Å². The molecule has 0 saturated heterocycles. The summed E-state index contributed by atoms with van der Waals surface area (Å²) in [5.41, 5.74) is 2.26. The number of carbonyl (C=O) groups excluding carboxylic acids is 1. The fourth-order valence-electron chi connectivity index (χ4n) is 2.78. The second-order valence-electron chi connectivity index (χ2n) is 6.10. The van der Waals surface area contributed by atoms with Gasteiger partial charge in [0.05, 0.1) is 29.7 Å². The number of amides is 1. The summed E-state index contributed by atoms with van der Waals surface area (Å²) < 4.78 is 4.80. The van der Waals surface area contributed by atoms with E-state index < -0.39 is 0 Å². The zero-order valence-corrected chi connectivity index (χ0v) is 15.3. The molecular formula is C17H17BrN6O. The molecule has 1 N–H and O–H groups in total. The van der Waals surface area contributed by atoms with Crippen LogP contribution in [0.25, 0.3) is 5.69 Å². The number of hydrogen-bond acceptors (Lipinski definition) is 4. The van der Waals surface area contributed by atoms with E-state index in [2.05, 4.69) is 36.5 Å². The summed E-state index contributed by atoms with van der Waals surface area (Å²) in [5.74, 6) is 0.625. The fourth-order valence-corrected chi connectivity index (χ4v) is 3.04. The van der Waals surface area contributed by atoms with Gasteiger partial charge >= 0.3 is 0 Å². The molecule has 3 aromatic rings. The van der Waals surface area contributed by atoms with Crippen molar-refractivity contribution in [2.24, 2.45) is 0 Å². The van der Waals surface area contributed by atoms with Crippen molar-refractivity contribution in [2.75, 3.05) is 0 Å². The van der Waals surface area contributed by atoms with Crippen LogP contribution >= 0.6 is 15.9 Å². The molecular weight excluding hydrogens is 384 g/mol. The molecule has 128 valence electrons. The molecule has 1 aromatic carbocycles. The van der Waals surface area contributed by atoms with E-state index in [4.69, 9.17) is 0 Å². The molecule has 7 nitrogen and oxygen atoms in total. The summed E-state index contributed by atoms with van der Waals surface area (Å²) in [5, 5.41) is 15.3. The first-order valence-corrected chi connectivity index (χ1v) is 8.90. The molecule has 0 unspecified atom stereocenters. The van der Waals surface area contributed by atoms with Gasteiger partial charge in [-0.25, -0.2) is 4.68 Å². The number of carbonyl (C=O) groups is 1. The van der Waals surface area contributed by atoms with Crippen LogP contribution in [0, 0.1) is 6.92 Å². The van der Waals surface area contributed by atoms with E-state index in [0.29, 0.717) is 18.2 Å². The van der Waals surface area contributed by atoms with Crippen LogP contribution in [0.3, 0.4) is 0 Å². The van der Waals surface area contributed by atoms with Gasteiger partial charge in [-0.2, -0.15) is 5.10 Å². The maximum Gasteiger partial charge on any atom is 0.255 e. The lowest BCUT2D eigenvalue weighted by Crippen LogP contribution is -2.25. The van der Waals surface area contributed by atoms with Crippen molar-refractivity contribution < 1.29 is 4.79 Å². The largest absolute Gasteiger partial charge is 0.345 e. The Morgan fingerprint density at radius 2 is 2.08 bits per heavy atom. The Labute approximate surface area is 153 Å². The molecule has 0 aliphatic heterocycles. The molecule has 25 heavy (non-hydrogen) atoms. The van der Waals surface area contributed by atoms with Crippen molar-refractivity contribution in [2.45, 2.75) is 32.4 Å². The molecule has 1 saturated carbocycles. The van der Waals surface area contributed by atoms with E-state index in [0.717, 1.165) is 34.5 Å². The second-order valence-corrected chi connectivity index (χ2v) is 7.02. The molecule has 4 rings (SSSR count). The molecule has 1 aliphatic carbocycles. The standard InChI is InChI=1S/C17H17BrN6O/c1-11-15(8-21-24(11)14-4-2-12(18)3-5-14)17(25)19-9-16-22-20-10-23(16)13-6-7-13/h2-5,8,10,13H,6-7,9H2,1H3,(H,19,25). The number of nitrogens with zero attached hydrogens (tertiary/aromatic N) is 5. The topological polar surface area (TPSA) is 77.6 Å². The van der Waals surface area contributed by atoms with Gasteiger partial charge in [-0.05, 0) is 44.0 Å². The Balaban J connectivity index is 1.49. The Kier molecular flexibility index (Phi) is 4.12. The van der Waals surface area contributed by atoms with Gasteiger partial charge in [0.25, 0.3) is 5.91 Å². The van der Waals surface area contributed by atoms with Crippen molar-refractivity contribution in [3.8, 4) is 5.69 Å². The van der Waals surface area contributed by atoms with Gasteiger partial charge in [-0.3, -0.25) is 4.79 Å². The lowest BCUT2D eigenvalue weighted by molar-refractivity contribution is 0.0948. The highest BCUT2D eigenvalue weighted by atomic mass is 79.9. The molecule has 8 heteroatoms. The van der Waals surface area contributed by atoms with E-state index in [1.54, 1.807) is 17.2 Å². The lowest BCUT2D eigenvalue weighted by atomic mass is 10.2. The minimum atomic E-state index is -0.161. The summed E-state index contributed by atoms with van der Waals surface area (Å²) in [7, 11) is 0. The lowest BCUT2D eigenvalue weighted by Gasteiger charge is -2.07. The van der Waals surface area contributed by atoms with Crippen LogP contribution < -0.4 is 5.32 Å². The van der Waals surface area contributed by atoms with Crippen LogP contribution in [0.15, 0.2) is 41.3 Å². The number of benzene rings is 1. The number of rotatable bonds is 5. The van der Waals surface area contributed by atoms with Crippen LogP contribution in [0.2, 0.25) is 0 Å². The summed E-state index contributed by atoms with van der Waals surface area (Å²) in [6, 6.07) is 8.28. The average Bonchev–Trinajstić information content (AvgIpc) is 3.22. The highest BCUT2D eigenvalue weighted by molar-refractivity contribution is 9.10. The van der Waals surface area contributed by atoms with Crippen LogP contribution in [-0.4, -0.2) is 30.5 Å². The molecule has 1 amide bonds. The molecule has 1 aliphatic rings. The predicted octanol–water partition coefficient (Wildman–Crippen LogP) is 2.80. The fraction of sp³-hybridized carbons (Fsp3) is 0.294. The highest BCUT2D eigenvalue weighted by Crippen LogP contribution is 2.35. The Hall–Kier alpha value is -2.48. The molecule has 0 bridgehead atoms. The summed E-state index contributed by atoms with van der Waals surface area (Å²) >= 11 is 3.42. The second kappa shape index (κ2) is 6.44. The predicted molar refractivity (Wildman–Crippen MR) is 95.5 cm³/mol. The van der Waals surface area contributed by atoms with E-state index in [1.807, 2.05) is 35.8 Å². The highest BCUT2D eigenvalue weighted by Gasteiger charge is 2.26. The van der Waals surface area contributed by atoms with Crippen LogP contribution in [0.5, 0.6) is 0 Å². The van der Waals surface area contributed by atoms with Crippen molar-refractivity contribution in [3.05, 3.63) is 58.3 Å². The number of hydrogen-bond donors (Lipinski definition) is 1. The molecule has 1 fully saturated rings. The third kappa shape index (κ3) is 3.21. The van der Waals surface area contributed by atoms with E-state index >= 15 is 0 Å². The third-order valence-corrected chi connectivity index (χ3v) is 4.85. The SMILES string of the molecule is Cc1c(C(=O)NCc2nncn2C2CC2)cnn1-c1ccc(Br)cc1. The van der Waals surface area contributed by atoms with Gasteiger partial charge in [0.1, 0.15) is 6.33 Å². The van der Waals surface area contributed by atoms with Crippen molar-refractivity contribution >= 4 is 21.8 Å². The number of nitrogens with one attached hydrogen (secondary N) is 1. The Morgan fingerprint density at radius 3 is 2.80 bits per heavy atom. The molecule has 2 aromatic heterocycles. The van der Waals surface area contributed by atoms with Crippen LogP contribution in [0.4, 0.5) is 0 Å². The van der Waals surface area contributed by atoms with Gasteiger partial charge in [-0.15, -0.1) is 10.2 Å². The van der Waals surface area contributed by atoms with Crippen molar-refractivity contribution in [3.63, 3.8) is 0 Å². The summed E-state index contributed by atoms with van der Waals surface area (Å²) in [4.78, 5) is 12.5. The Morgan fingerprint density at radius 1 is 1.32 bits per heavy atom. The first-order valence-electron chi connectivity index (χ1n) is 8.10. The summed E-state index contributed by atoms with van der Waals surface area (Å²) in [6.07, 6.45) is 5.63. The van der Waals surface area contributed by atoms with E-state index in [1.165, 1.54) is 0 Å². The third-order valence-electron chi connectivity index (χ3n) is 4.32. The summed E-state index contributed by atoms with van der Waals surface area (Å²) in [6.45, 7) is 2.24. The van der Waals surface area contributed by atoms with Gasteiger partial charge in [0.2, 0.25) is 0 Å².